The van der Waals surface area contributed by atoms with Gasteiger partial charge in [-0.05, 0) is 42.7 Å². The Morgan fingerprint density at radius 1 is 1.03 bits per heavy atom. The lowest BCUT2D eigenvalue weighted by atomic mass is 9.94. The number of nitrogen functional groups attached to an aromatic ring is 1. The third-order valence-electron chi connectivity index (χ3n) is 8.09. The molecule has 10 heteroatoms. The second-order valence-electron chi connectivity index (χ2n) is 10.1. The number of hydrogen-bond donors (Lipinski definition) is 3. The van der Waals surface area contributed by atoms with Gasteiger partial charge in [-0.2, -0.15) is 5.10 Å². The molecule has 0 bridgehead atoms. The van der Waals surface area contributed by atoms with Crippen LogP contribution in [0.1, 0.15) is 12.8 Å². The molecule has 2 aromatic carbocycles. The minimum absolute atomic E-state index is 0.0897. The molecule has 2 aliphatic heterocycles. The number of anilines is 2. The summed E-state index contributed by atoms with van der Waals surface area (Å²) in [5.41, 5.74) is 10.2. The smallest absolute Gasteiger partial charge is 0.272 e. The fourth-order valence-electron chi connectivity index (χ4n) is 6.17. The minimum atomic E-state index is -0.410. The highest BCUT2D eigenvalue weighted by Crippen LogP contribution is 2.41. The number of hydrogen-bond acceptors (Lipinski definition) is 7. The molecule has 0 radical (unpaired) electrons. The Balaban J connectivity index is 1.40. The number of aromatic amines is 2. The summed E-state index contributed by atoms with van der Waals surface area (Å²) >= 11 is 0. The summed E-state index contributed by atoms with van der Waals surface area (Å²) in [5, 5.41) is 8.98. The molecule has 0 spiro atoms. The SMILES string of the molecule is Nc1c(-c2ccc(F)c3[nH]ncc23)c2cc(N3CCC(N4CCOCC4)CC3)c3ncccc3c2[nH]c1=O. The first-order valence-corrected chi connectivity index (χ1v) is 13.0. The number of H-pyrrole nitrogens is 2. The Kier molecular flexibility index (Phi) is 5.52. The van der Waals surface area contributed by atoms with Crippen molar-refractivity contribution in [3.63, 3.8) is 0 Å². The molecule has 0 saturated carbocycles. The van der Waals surface area contributed by atoms with Gasteiger partial charge in [0, 0.05) is 60.1 Å². The van der Waals surface area contributed by atoms with Gasteiger partial charge in [-0.15, -0.1) is 0 Å². The van der Waals surface area contributed by atoms with Crippen LogP contribution in [0.5, 0.6) is 0 Å². The van der Waals surface area contributed by atoms with E-state index in [4.69, 9.17) is 15.5 Å². The summed E-state index contributed by atoms with van der Waals surface area (Å²) in [6, 6.07) is 9.52. The zero-order chi connectivity index (χ0) is 25.8. The van der Waals surface area contributed by atoms with Crippen LogP contribution >= 0.6 is 0 Å². The number of piperidine rings is 1. The molecular weight excluding hydrogens is 485 g/mol. The van der Waals surface area contributed by atoms with Gasteiger partial charge in [0.05, 0.1) is 36.1 Å². The van der Waals surface area contributed by atoms with Gasteiger partial charge in [0.1, 0.15) is 17.0 Å². The highest BCUT2D eigenvalue weighted by atomic mass is 19.1. The third-order valence-corrected chi connectivity index (χ3v) is 8.09. The van der Waals surface area contributed by atoms with Gasteiger partial charge in [-0.3, -0.25) is 19.8 Å². The Labute approximate surface area is 217 Å². The van der Waals surface area contributed by atoms with Gasteiger partial charge in [0.25, 0.3) is 5.56 Å². The fraction of sp³-hybridized carbons (Fsp3) is 0.321. The first kappa shape index (κ1) is 23.1. The molecule has 0 unspecified atom stereocenters. The summed E-state index contributed by atoms with van der Waals surface area (Å²) in [6.45, 7) is 5.37. The van der Waals surface area contributed by atoms with Crippen LogP contribution < -0.4 is 16.2 Å². The average molecular weight is 514 g/mol. The minimum Gasteiger partial charge on any atom is -0.394 e. The largest absolute Gasteiger partial charge is 0.394 e. The van der Waals surface area contributed by atoms with Crippen LogP contribution in [-0.2, 0) is 4.74 Å². The van der Waals surface area contributed by atoms with E-state index in [1.165, 1.54) is 6.07 Å². The standard InChI is InChI=1S/C28H28FN7O2/c29-21-4-3-17(20-15-32-34-26(20)21)23-19-14-22(36-8-5-16(6-9-36)35-10-12-38-13-11-35)27-18(2-1-7-31-27)25(19)33-28(37)24(23)30/h1-4,7,14-16H,5-6,8-13,30H2,(H,32,34)(H,33,37). The molecule has 5 aromatic rings. The number of nitrogens with two attached hydrogens (primary N) is 1. The van der Waals surface area contributed by atoms with E-state index in [2.05, 4.69) is 31.0 Å². The number of fused-ring (bicyclic) bond motifs is 4. The molecule has 0 aliphatic carbocycles. The molecule has 0 amide bonds. The highest BCUT2D eigenvalue weighted by molar-refractivity contribution is 6.17. The van der Waals surface area contributed by atoms with E-state index in [1.807, 2.05) is 12.1 Å². The fourth-order valence-corrected chi connectivity index (χ4v) is 6.17. The zero-order valence-electron chi connectivity index (χ0n) is 20.8. The molecule has 4 N–H and O–H groups in total. The summed E-state index contributed by atoms with van der Waals surface area (Å²) < 4.78 is 20.0. The van der Waals surface area contributed by atoms with Crippen LogP contribution in [0.2, 0.25) is 0 Å². The van der Waals surface area contributed by atoms with Crippen LogP contribution in [0.4, 0.5) is 15.8 Å². The Morgan fingerprint density at radius 2 is 1.84 bits per heavy atom. The second-order valence-corrected chi connectivity index (χ2v) is 10.1. The monoisotopic (exact) mass is 513 g/mol. The number of aromatic nitrogens is 4. The van der Waals surface area contributed by atoms with Crippen LogP contribution in [-0.4, -0.2) is 70.5 Å². The topological polar surface area (TPSA) is 116 Å². The van der Waals surface area contributed by atoms with Crippen molar-refractivity contribution in [2.75, 3.05) is 50.0 Å². The van der Waals surface area contributed by atoms with Crippen molar-refractivity contribution >= 4 is 44.1 Å². The van der Waals surface area contributed by atoms with Gasteiger partial charge in [-0.1, -0.05) is 6.07 Å². The van der Waals surface area contributed by atoms with Crippen molar-refractivity contribution in [2.45, 2.75) is 18.9 Å². The predicted octanol–water partition coefficient (Wildman–Crippen LogP) is 3.64. The number of nitrogens with one attached hydrogen (secondary N) is 2. The number of morpholine rings is 1. The molecule has 0 atom stereocenters. The molecule has 38 heavy (non-hydrogen) atoms. The van der Waals surface area contributed by atoms with Crippen LogP contribution in [0.15, 0.2) is 47.5 Å². The van der Waals surface area contributed by atoms with E-state index in [9.17, 15) is 9.18 Å². The number of benzene rings is 2. The first-order valence-electron chi connectivity index (χ1n) is 13.0. The number of halogens is 1. The van der Waals surface area contributed by atoms with Crippen molar-refractivity contribution in [2.24, 2.45) is 0 Å². The lowest BCUT2D eigenvalue weighted by Crippen LogP contribution is -2.49. The molecule has 2 aliphatic rings. The molecular formula is C28H28FN7O2. The van der Waals surface area contributed by atoms with Gasteiger partial charge >= 0.3 is 0 Å². The van der Waals surface area contributed by atoms with E-state index in [0.29, 0.717) is 28.1 Å². The third kappa shape index (κ3) is 3.63. The normalized spacial score (nSPS) is 17.7. The van der Waals surface area contributed by atoms with E-state index in [0.717, 1.165) is 74.2 Å². The Morgan fingerprint density at radius 3 is 2.66 bits per heavy atom. The van der Waals surface area contributed by atoms with E-state index in [-0.39, 0.29) is 11.2 Å². The highest BCUT2D eigenvalue weighted by Gasteiger charge is 2.28. The molecule has 5 heterocycles. The maximum atomic E-state index is 14.5. The summed E-state index contributed by atoms with van der Waals surface area (Å²) in [7, 11) is 0. The zero-order valence-corrected chi connectivity index (χ0v) is 20.8. The lowest BCUT2D eigenvalue weighted by molar-refractivity contribution is 0.0115. The first-order chi connectivity index (χ1) is 18.6. The molecule has 2 fully saturated rings. The maximum Gasteiger partial charge on any atom is 0.272 e. The molecule has 194 valence electrons. The molecule has 7 rings (SSSR count). The van der Waals surface area contributed by atoms with Crippen molar-refractivity contribution in [3.05, 3.63) is 58.9 Å². The van der Waals surface area contributed by atoms with Crippen molar-refractivity contribution < 1.29 is 9.13 Å². The van der Waals surface area contributed by atoms with Crippen molar-refractivity contribution in [1.29, 1.82) is 0 Å². The molecule has 3 aromatic heterocycles. The van der Waals surface area contributed by atoms with Gasteiger partial charge in [-0.25, -0.2) is 4.39 Å². The lowest BCUT2D eigenvalue weighted by Gasteiger charge is -2.41. The predicted molar refractivity (Wildman–Crippen MR) is 147 cm³/mol. The summed E-state index contributed by atoms with van der Waals surface area (Å²) in [6.07, 6.45) is 5.46. The van der Waals surface area contributed by atoms with Gasteiger partial charge < -0.3 is 20.4 Å². The van der Waals surface area contributed by atoms with Crippen LogP contribution in [0.3, 0.4) is 0 Å². The Bertz CT molecular complexity index is 1730. The van der Waals surface area contributed by atoms with Crippen LogP contribution in [0.25, 0.3) is 43.8 Å². The quantitative estimate of drug-likeness (QED) is 0.316. The maximum absolute atomic E-state index is 14.5. The van der Waals surface area contributed by atoms with Crippen molar-refractivity contribution in [1.82, 2.24) is 25.1 Å². The molecule has 9 nitrogen and oxygen atoms in total. The summed E-state index contributed by atoms with van der Waals surface area (Å²) in [4.78, 5) is 25.7. The number of pyridine rings is 2. The number of ether oxygens (including phenoxy) is 1. The van der Waals surface area contributed by atoms with E-state index < -0.39 is 11.4 Å². The van der Waals surface area contributed by atoms with Gasteiger partial charge in [0.15, 0.2) is 0 Å². The summed E-state index contributed by atoms with van der Waals surface area (Å²) in [5.74, 6) is -0.410. The number of rotatable bonds is 3. The van der Waals surface area contributed by atoms with Crippen LogP contribution in [0, 0.1) is 5.82 Å². The second kappa shape index (κ2) is 9.07. The molecule has 2 saturated heterocycles. The van der Waals surface area contributed by atoms with E-state index >= 15 is 0 Å². The number of nitrogens with zero attached hydrogens (tertiary/aromatic N) is 4. The average Bonchev–Trinajstić information content (AvgIpc) is 3.46. The van der Waals surface area contributed by atoms with Crippen molar-refractivity contribution in [3.8, 4) is 11.1 Å². The van der Waals surface area contributed by atoms with E-state index in [1.54, 1.807) is 18.5 Å². The van der Waals surface area contributed by atoms with Gasteiger partial charge in [0.2, 0.25) is 0 Å². The Hall–Kier alpha value is -4.02.